The summed E-state index contributed by atoms with van der Waals surface area (Å²) < 4.78 is 0. The second kappa shape index (κ2) is 7.18. The largest absolute Gasteiger partial charge is 0.294 e. The SMILES string of the molecule is CC(C(CC(=O)c1ccccc1)c1ccc(Cl)cc1)[N+](=O)[O-]. The number of carbonyl (C=O) groups is 1. The van der Waals surface area contributed by atoms with Crippen molar-refractivity contribution in [3.05, 3.63) is 80.9 Å². The number of nitro groups is 1. The molecule has 0 N–H and O–H groups in total. The highest BCUT2D eigenvalue weighted by Crippen LogP contribution is 2.28. The Kier molecular flexibility index (Phi) is 5.28. The molecule has 0 bridgehead atoms. The van der Waals surface area contributed by atoms with Gasteiger partial charge in [0.25, 0.3) is 0 Å². The Morgan fingerprint density at radius 2 is 1.73 bits per heavy atom. The topological polar surface area (TPSA) is 60.2 Å². The molecule has 0 aromatic heterocycles. The molecule has 0 aliphatic rings. The molecule has 2 rings (SSSR count). The number of carbonyl (C=O) groups excluding carboxylic acids is 1. The second-order valence-electron chi connectivity index (χ2n) is 5.18. The van der Waals surface area contributed by atoms with Crippen LogP contribution in [-0.4, -0.2) is 16.7 Å². The van der Waals surface area contributed by atoms with E-state index in [0.29, 0.717) is 10.6 Å². The average Bonchev–Trinajstić information content (AvgIpc) is 2.53. The first-order valence-corrected chi connectivity index (χ1v) is 7.34. The fourth-order valence-electron chi connectivity index (χ4n) is 2.37. The maximum Gasteiger partial charge on any atom is 0.217 e. The molecule has 2 aromatic carbocycles. The van der Waals surface area contributed by atoms with Gasteiger partial charge in [0, 0.05) is 28.9 Å². The first-order chi connectivity index (χ1) is 10.5. The van der Waals surface area contributed by atoms with Gasteiger partial charge >= 0.3 is 0 Å². The second-order valence-corrected chi connectivity index (χ2v) is 5.61. The summed E-state index contributed by atoms with van der Waals surface area (Å²) in [5.41, 5.74) is 1.31. The third kappa shape index (κ3) is 3.92. The summed E-state index contributed by atoms with van der Waals surface area (Å²) in [4.78, 5) is 23.2. The van der Waals surface area contributed by atoms with Crippen molar-refractivity contribution in [3.8, 4) is 0 Å². The van der Waals surface area contributed by atoms with Crippen LogP contribution in [0.25, 0.3) is 0 Å². The lowest BCUT2D eigenvalue weighted by atomic mass is 9.86. The molecule has 0 radical (unpaired) electrons. The van der Waals surface area contributed by atoms with Crippen LogP contribution in [0.5, 0.6) is 0 Å². The zero-order valence-electron chi connectivity index (χ0n) is 12.1. The highest BCUT2D eigenvalue weighted by molar-refractivity contribution is 6.30. The van der Waals surface area contributed by atoms with Gasteiger partial charge in [-0.25, -0.2) is 0 Å². The van der Waals surface area contributed by atoms with Gasteiger partial charge in [-0.05, 0) is 17.7 Å². The Hall–Kier alpha value is -2.20. The van der Waals surface area contributed by atoms with Crippen molar-refractivity contribution < 1.29 is 9.72 Å². The maximum absolute atomic E-state index is 12.4. The molecule has 0 spiro atoms. The number of hydrogen-bond donors (Lipinski definition) is 0. The lowest BCUT2D eigenvalue weighted by Crippen LogP contribution is -2.26. The normalized spacial score (nSPS) is 13.4. The summed E-state index contributed by atoms with van der Waals surface area (Å²) in [6.07, 6.45) is 0.0911. The van der Waals surface area contributed by atoms with Crippen LogP contribution in [0, 0.1) is 10.1 Å². The Morgan fingerprint density at radius 3 is 2.27 bits per heavy atom. The fourth-order valence-corrected chi connectivity index (χ4v) is 2.49. The molecule has 4 nitrogen and oxygen atoms in total. The van der Waals surface area contributed by atoms with Gasteiger partial charge in [0.15, 0.2) is 5.78 Å². The smallest absolute Gasteiger partial charge is 0.217 e. The Morgan fingerprint density at radius 1 is 1.14 bits per heavy atom. The highest BCUT2D eigenvalue weighted by atomic mass is 35.5. The number of Topliss-reactive ketones (excluding diaryl/α,β-unsaturated/α-hetero) is 1. The van der Waals surface area contributed by atoms with Crippen molar-refractivity contribution in [3.63, 3.8) is 0 Å². The molecular formula is C17H16ClNO3. The summed E-state index contributed by atoms with van der Waals surface area (Å²) in [6.45, 7) is 1.53. The molecule has 0 aliphatic heterocycles. The predicted molar refractivity (Wildman–Crippen MR) is 86.0 cm³/mol. The molecule has 114 valence electrons. The monoisotopic (exact) mass is 317 g/mol. The molecule has 0 fully saturated rings. The molecule has 5 heteroatoms. The maximum atomic E-state index is 12.4. The molecular weight excluding hydrogens is 302 g/mol. The molecule has 0 aliphatic carbocycles. The molecule has 2 atom stereocenters. The van der Waals surface area contributed by atoms with Crippen LogP contribution in [0.4, 0.5) is 0 Å². The van der Waals surface area contributed by atoms with E-state index in [9.17, 15) is 14.9 Å². The summed E-state index contributed by atoms with van der Waals surface area (Å²) in [6, 6.07) is 14.8. The van der Waals surface area contributed by atoms with E-state index in [-0.39, 0.29) is 17.1 Å². The van der Waals surface area contributed by atoms with Crippen LogP contribution in [0.2, 0.25) is 5.02 Å². The lowest BCUT2D eigenvalue weighted by molar-refractivity contribution is -0.522. The van der Waals surface area contributed by atoms with Crippen LogP contribution in [0.15, 0.2) is 54.6 Å². The number of ketones is 1. The number of nitrogens with zero attached hydrogens (tertiary/aromatic N) is 1. The van der Waals surface area contributed by atoms with Crippen molar-refractivity contribution in [1.82, 2.24) is 0 Å². The van der Waals surface area contributed by atoms with E-state index in [1.165, 1.54) is 6.92 Å². The van der Waals surface area contributed by atoms with E-state index in [2.05, 4.69) is 0 Å². The first kappa shape index (κ1) is 16.2. The number of halogens is 1. The van der Waals surface area contributed by atoms with Gasteiger partial charge in [0.2, 0.25) is 6.04 Å². The molecule has 22 heavy (non-hydrogen) atoms. The van der Waals surface area contributed by atoms with E-state index in [1.807, 2.05) is 6.07 Å². The van der Waals surface area contributed by atoms with E-state index in [4.69, 9.17) is 11.6 Å². The first-order valence-electron chi connectivity index (χ1n) is 6.96. The van der Waals surface area contributed by atoms with Gasteiger partial charge in [0.1, 0.15) is 0 Å². The van der Waals surface area contributed by atoms with Crippen LogP contribution in [0.3, 0.4) is 0 Å². The summed E-state index contributed by atoms with van der Waals surface area (Å²) in [5.74, 6) is -0.589. The minimum absolute atomic E-state index is 0.0911. The zero-order chi connectivity index (χ0) is 16.1. The lowest BCUT2D eigenvalue weighted by Gasteiger charge is -2.18. The van der Waals surface area contributed by atoms with Gasteiger partial charge in [-0.3, -0.25) is 14.9 Å². The number of benzene rings is 2. The quantitative estimate of drug-likeness (QED) is 0.452. The van der Waals surface area contributed by atoms with E-state index in [0.717, 1.165) is 5.56 Å². The Bertz CT molecular complexity index is 655. The van der Waals surface area contributed by atoms with E-state index >= 15 is 0 Å². The van der Waals surface area contributed by atoms with Crippen molar-refractivity contribution in [2.75, 3.05) is 0 Å². The van der Waals surface area contributed by atoms with Crippen molar-refractivity contribution >= 4 is 17.4 Å². The summed E-state index contributed by atoms with van der Waals surface area (Å²) in [7, 11) is 0. The van der Waals surface area contributed by atoms with Crippen molar-refractivity contribution in [2.45, 2.75) is 25.3 Å². The third-order valence-corrected chi connectivity index (χ3v) is 3.97. The molecule has 0 saturated heterocycles. The average molecular weight is 318 g/mol. The molecule has 0 heterocycles. The van der Waals surface area contributed by atoms with Crippen LogP contribution in [-0.2, 0) is 0 Å². The molecule has 2 aromatic rings. The molecule has 0 amide bonds. The van der Waals surface area contributed by atoms with Gasteiger partial charge in [-0.15, -0.1) is 0 Å². The van der Waals surface area contributed by atoms with Crippen molar-refractivity contribution in [1.29, 1.82) is 0 Å². The standard InChI is InChI=1S/C17H16ClNO3/c1-12(19(21)22)16(13-7-9-15(18)10-8-13)11-17(20)14-5-3-2-4-6-14/h2-10,12,16H,11H2,1H3. The highest BCUT2D eigenvalue weighted by Gasteiger charge is 2.30. The van der Waals surface area contributed by atoms with E-state index < -0.39 is 12.0 Å². The summed E-state index contributed by atoms with van der Waals surface area (Å²) in [5, 5.41) is 11.7. The van der Waals surface area contributed by atoms with Crippen molar-refractivity contribution in [2.24, 2.45) is 0 Å². The van der Waals surface area contributed by atoms with Crippen LogP contribution in [0.1, 0.15) is 35.2 Å². The molecule has 0 saturated carbocycles. The van der Waals surface area contributed by atoms with Gasteiger partial charge < -0.3 is 0 Å². The molecule has 2 unspecified atom stereocenters. The van der Waals surface area contributed by atoms with Crippen LogP contribution >= 0.6 is 11.6 Å². The number of rotatable bonds is 6. The fraction of sp³-hybridized carbons (Fsp3) is 0.235. The Labute approximate surface area is 133 Å². The van der Waals surface area contributed by atoms with Crippen LogP contribution < -0.4 is 0 Å². The minimum atomic E-state index is -0.853. The van der Waals surface area contributed by atoms with Gasteiger partial charge in [-0.2, -0.15) is 0 Å². The third-order valence-electron chi connectivity index (χ3n) is 3.71. The van der Waals surface area contributed by atoms with Gasteiger partial charge in [-0.1, -0.05) is 54.1 Å². The number of hydrogen-bond acceptors (Lipinski definition) is 3. The Balaban J connectivity index is 2.27. The van der Waals surface area contributed by atoms with E-state index in [1.54, 1.807) is 48.5 Å². The van der Waals surface area contributed by atoms with Gasteiger partial charge in [0.05, 0.1) is 5.92 Å². The minimum Gasteiger partial charge on any atom is -0.294 e. The zero-order valence-corrected chi connectivity index (χ0v) is 12.9. The predicted octanol–water partition coefficient (Wildman–Crippen LogP) is 4.36. The summed E-state index contributed by atoms with van der Waals surface area (Å²) >= 11 is 5.86.